The van der Waals surface area contributed by atoms with Gasteiger partial charge in [-0.1, -0.05) is 18.3 Å². The first-order valence-electron chi connectivity index (χ1n) is 4.39. The molecule has 1 unspecified atom stereocenters. The summed E-state index contributed by atoms with van der Waals surface area (Å²) in [5.41, 5.74) is 1.60. The van der Waals surface area contributed by atoms with Gasteiger partial charge in [0.2, 0.25) is 5.13 Å². The Balaban J connectivity index is 2.77. The monoisotopic (exact) mass is 215 g/mol. The highest BCUT2D eigenvalue weighted by Gasteiger charge is 2.18. The summed E-state index contributed by atoms with van der Waals surface area (Å²) in [5.74, 6) is -0.847. The molecule has 0 aliphatic carbocycles. The highest BCUT2D eigenvalue weighted by atomic mass is 32.1. The van der Waals surface area contributed by atoms with E-state index in [4.69, 9.17) is 5.11 Å². The Hall–Kier alpha value is -1.17. The molecule has 1 aromatic rings. The normalized spacial score (nSPS) is 12.4. The summed E-state index contributed by atoms with van der Waals surface area (Å²) in [6.07, 6.45) is 0.882. The highest BCUT2D eigenvalue weighted by molar-refractivity contribution is 7.13. The van der Waals surface area contributed by atoms with Gasteiger partial charge in [-0.15, -0.1) is 10.2 Å². The molecule has 0 radical (unpaired) electrons. The van der Waals surface area contributed by atoms with Crippen molar-refractivity contribution < 1.29 is 9.90 Å². The first-order chi connectivity index (χ1) is 6.65. The number of hydrogen-bond donors (Lipinski definition) is 1. The molecule has 0 aliphatic rings. The summed E-state index contributed by atoms with van der Waals surface area (Å²) in [6, 6.07) is 0.166. The predicted molar refractivity (Wildman–Crippen MR) is 54.6 cm³/mol. The van der Waals surface area contributed by atoms with Gasteiger partial charge >= 0.3 is 5.97 Å². The number of aliphatic carboxylic acids is 1. The van der Waals surface area contributed by atoms with E-state index >= 15 is 0 Å². The van der Waals surface area contributed by atoms with E-state index in [1.807, 2.05) is 13.8 Å². The van der Waals surface area contributed by atoms with Crippen molar-refractivity contribution in [2.45, 2.75) is 26.3 Å². The lowest BCUT2D eigenvalue weighted by Gasteiger charge is -2.25. The van der Waals surface area contributed by atoms with Crippen molar-refractivity contribution >= 4 is 22.4 Å². The summed E-state index contributed by atoms with van der Waals surface area (Å²) < 4.78 is 0. The molecular weight excluding hydrogens is 202 g/mol. The van der Waals surface area contributed by atoms with Gasteiger partial charge in [-0.2, -0.15) is 0 Å². The van der Waals surface area contributed by atoms with E-state index in [0.29, 0.717) is 5.13 Å². The number of rotatable bonds is 5. The minimum absolute atomic E-state index is 0.0236. The van der Waals surface area contributed by atoms with Crippen LogP contribution in [-0.2, 0) is 4.79 Å². The lowest BCUT2D eigenvalue weighted by molar-refractivity contribution is -0.135. The zero-order valence-corrected chi connectivity index (χ0v) is 8.99. The third kappa shape index (κ3) is 2.66. The van der Waals surface area contributed by atoms with E-state index in [1.54, 1.807) is 10.4 Å². The van der Waals surface area contributed by atoms with Gasteiger partial charge in [0, 0.05) is 6.04 Å². The van der Waals surface area contributed by atoms with Crippen LogP contribution in [0.4, 0.5) is 5.13 Å². The first-order valence-corrected chi connectivity index (χ1v) is 5.27. The molecule has 0 spiro atoms. The van der Waals surface area contributed by atoms with Crippen molar-refractivity contribution in [2.75, 3.05) is 11.4 Å². The second-order valence-corrected chi connectivity index (χ2v) is 3.81. The highest BCUT2D eigenvalue weighted by Crippen LogP contribution is 2.19. The van der Waals surface area contributed by atoms with Crippen molar-refractivity contribution in [1.29, 1.82) is 0 Å². The minimum Gasteiger partial charge on any atom is -0.480 e. The van der Waals surface area contributed by atoms with Gasteiger partial charge in [0.1, 0.15) is 12.1 Å². The number of nitrogens with zero attached hydrogens (tertiary/aromatic N) is 3. The molecule has 0 amide bonds. The molecular formula is C8H13N3O2S. The number of carboxylic acid groups (broad SMARTS) is 1. The SMILES string of the molecule is CCC(C)N(CC(=O)O)c1nncs1. The van der Waals surface area contributed by atoms with Crippen LogP contribution in [0.25, 0.3) is 0 Å². The third-order valence-corrected chi connectivity index (χ3v) is 2.75. The van der Waals surface area contributed by atoms with Gasteiger partial charge in [0.25, 0.3) is 0 Å². The smallest absolute Gasteiger partial charge is 0.323 e. The molecule has 0 aromatic carbocycles. The molecule has 1 atom stereocenters. The maximum absolute atomic E-state index is 10.6. The van der Waals surface area contributed by atoms with E-state index in [2.05, 4.69) is 10.2 Å². The fourth-order valence-corrected chi connectivity index (χ4v) is 1.73. The molecule has 1 rings (SSSR count). The fraction of sp³-hybridized carbons (Fsp3) is 0.625. The Labute approximate surface area is 86.4 Å². The Kier molecular flexibility index (Phi) is 3.82. The standard InChI is InChI=1S/C8H13N3O2S/c1-3-6(2)11(4-7(12)13)8-10-9-5-14-8/h5-6H,3-4H2,1-2H3,(H,12,13). The van der Waals surface area contributed by atoms with Crippen LogP contribution < -0.4 is 4.90 Å². The van der Waals surface area contributed by atoms with Crippen molar-refractivity contribution in [3.05, 3.63) is 5.51 Å². The molecule has 6 heteroatoms. The lowest BCUT2D eigenvalue weighted by Crippen LogP contribution is -2.37. The van der Waals surface area contributed by atoms with Crippen LogP contribution in [-0.4, -0.2) is 33.9 Å². The Morgan fingerprint density at radius 2 is 2.50 bits per heavy atom. The van der Waals surface area contributed by atoms with Crippen LogP contribution in [0.1, 0.15) is 20.3 Å². The molecule has 1 aromatic heterocycles. The van der Waals surface area contributed by atoms with Gasteiger partial charge in [-0.25, -0.2) is 0 Å². The number of anilines is 1. The van der Waals surface area contributed by atoms with E-state index in [1.165, 1.54) is 11.3 Å². The van der Waals surface area contributed by atoms with E-state index in [-0.39, 0.29) is 12.6 Å². The van der Waals surface area contributed by atoms with Crippen molar-refractivity contribution in [1.82, 2.24) is 10.2 Å². The van der Waals surface area contributed by atoms with Gasteiger partial charge in [-0.05, 0) is 13.3 Å². The summed E-state index contributed by atoms with van der Waals surface area (Å²) in [7, 11) is 0. The van der Waals surface area contributed by atoms with E-state index in [0.717, 1.165) is 6.42 Å². The van der Waals surface area contributed by atoms with Crippen LogP contribution in [0.15, 0.2) is 5.51 Å². The van der Waals surface area contributed by atoms with Crippen molar-refractivity contribution in [3.63, 3.8) is 0 Å². The summed E-state index contributed by atoms with van der Waals surface area (Å²) >= 11 is 1.36. The summed E-state index contributed by atoms with van der Waals surface area (Å²) in [5, 5.41) is 17.0. The second-order valence-electron chi connectivity index (χ2n) is 3.00. The average molecular weight is 215 g/mol. The van der Waals surface area contributed by atoms with Gasteiger partial charge in [-0.3, -0.25) is 4.79 Å². The summed E-state index contributed by atoms with van der Waals surface area (Å²) in [4.78, 5) is 12.4. The maximum Gasteiger partial charge on any atom is 0.323 e. The number of carboxylic acids is 1. The zero-order chi connectivity index (χ0) is 10.6. The van der Waals surface area contributed by atoms with Crippen LogP contribution in [0.2, 0.25) is 0 Å². The van der Waals surface area contributed by atoms with Crippen LogP contribution in [0, 0.1) is 0 Å². The largest absolute Gasteiger partial charge is 0.480 e. The minimum atomic E-state index is -0.847. The second kappa shape index (κ2) is 4.90. The third-order valence-electron chi connectivity index (χ3n) is 2.02. The predicted octanol–water partition coefficient (Wildman–Crippen LogP) is 1.23. The number of hydrogen-bond acceptors (Lipinski definition) is 5. The molecule has 78 valence electrons. The quantitative estimate of drug-likeness (QED) is 0.800. The van der Waals surface area contributed by atoms with Crippen molar-refractivity contribution in [2.24, 2.45) is 0 Å². The fourth-order valence-electron chi connectivity index (χ4n) is 1.07. The Morgan fingerprint density at radius 1 is 1.79 bits per heavy atom. The molecule has 0 aliphatic heterocycles. The molecule has 0 saturated heterocycles. The first kappa shape index (κ1) is 10.9. The molecule has 0 saturated carbocycles. The molecule has 1 N–H and O–H groups in total. The Bertz CT molecular complexity index is 289. The van der Waals surface area contributed by atoms with Crippen LogP contribution >= 0.6 is 11.3 Å². The average Bonchev–Trinajstić information content (AvgIpc) is 2.65. The van der Waals surface area contributed by atoms with Crippen molar-refractivity contribution in [3.8, 4) is 0 Å². The van der Waals surface area contributed by atoms with Crippen LogP contribution in [0.3, 0.4) is 0 Å². The van der Waals surface area contributed by atoms with Crippen LogP contribution in [0.5, 0.6) is 0 Å². The number of carbonyl (C=O) groups is 1. The maximum atomic E-state index is 10.6. The molecule has 5 nitrogen and oxygen atoms in total. The molecule has 0 fully saturated rings. The van der Waals surface area contributed by atoms with E-state index < -0.39 is 5.97 Å². The topological polar surface area (TPSA) is 66.3 Å². The Morgan fingerprint density at radius 3 is 2.93 bits per heavy atom. The lowest BCUT2D eigenvalue weighted by atomic mass is 10.2. The molecule has 14 heavy (non-hydrogen) atoms. The zero-order valence-electron chi connectivity index (χ0n) is 8.17. The van der Waals surface area contributed by atoms with Gasteiger partial charge in [0.05, 0.1) is 0 Å². The summed E-state index contributed by atoms with van der Waals surface area (Å²) in [6.45, 7) is 3.97. The molecule has 0 bridgehead atoms. The molecule has 1 heterocycles. The van der Waals surface area contributed by atoms with Gasteiger partial charge < -0.3 is 10.0 Å². The van der Waals surface area contributed by atoms with E-state index in [9.17, 15) is 4.79 Å². The number of aromatic nitrogens is 2. The van der Waals surface area contributed by atoms with Gasteiger partial charge in [0.15, 0.2) is 0 Å².